The number of alkyl halides is 3. The number of rotatable bonds is 0. The average Bonchev–Trinajstić information content (AvgIpc) is 2.38. The molecule has 1 aliphatic rings. The largest absolute Gasteiger partial charge is 0.433 e. The van der Waals surface area contributed by atoms with E-state index in [1.54, 1.807) is 7.05 Å². The SMILES string of the molecule is CN1Cc2nn(C)c(C(F)(F)F)c2C1. The number of hydrogen-bond donors (Lipinski definition) is 0. The maximum absolute atomic E-state index is 12.6. The summed E-state index contributed by atoms with van der Waals surface area (Å²) in [5, 5.41) is 3.86. The van der Waals surface area contributed by atoms with Crippen molar-refractivity contribution < 1.29 is 13.2 Å². The number of aryl methyl sites for hydroxylation is 1. The van der Waals surface area contributed by atoms with Crippen molar-refractivity contribution in [2.24, 2.45) is 7.05 Å². The van der Waals surface area contributed by atoms with Crippen molar-refractivity contribution in [2.75, 3.05) is 7.05 Å². The highest BCUT2D eigenvalue weighted by Crippen LogP contribution is 2.36. The van der Waals surface area contributed by atoms with E-state index in [1.165, 1.54) is 7.05 Å². The molecule has 0 aromatic carbocycles. The van der Waals surface area contributed by atoms with Gasteiger partial charge in [-0.15, -0.1) is 0 Å². The van der Waals surface area contributed by atoms with E-state index in [4.69, 9.17) is 0 Å². The summed E-state index contributed by atoms with van der Waals surface area (Å²) in [4.78, 5) is 1.81. The van der Waals surface area contributed by atoms with E-state index in [-0.39, 0.29) is 0 Å². The highest BCUT2D eigenvalue weighted by Gasteiger charge is 2.40. The van der Waals surface area contributed by atoms with Gasteiger partial charge in [0.1, 0.15) is 5.69 Å². The van der Waals surface area contributed by atoms with E-state index < -0.39 is 11.9 Å². The Kier molecular flexibility index (Phi) is 1.85. The lowest BCUT2D eigenvalue weighted by atomic mass is 10.2. The van der Waals surface area contributed by atoms with E-state index in [2.05, 4.69) is 5.10 Å². The zero-order chi connectivity index (χ0) is 10.5. The minimum atomic E-state index is -4.31. The third-order valence-electron chi connectivity index (χ3n) is 2.34. The van der Waals surface area contributed by atoms with Crippen LogP contribution in [0.5, 0.6) is 0 Å². The number of halogens is 3. The van der Waals surface area contributed by atoms with Crippen molar-refractivity contribution in [3.8, 4) is 0 Å². The molecular formula is C8H10F3N3. The molecule has 1 aromatic heterocycles. The molecule has 0 amide bonds. The van der Waals surface area contributed by atoms with Gasteiger partial charge in [0.15, 0.2) is 0 Å². The van der Waals surface area contributed by atoms with Gasteiger partial charge in [-0.1, -0.05) is 0 Å². The normalized spacial score (nSPS) is 17.5. The Hall–Kier alpha value is -1.04. The fourth-order valence-electron chi connectivity index (χ4n) is 1.85. The first kappa shape index (κ1) is 9.51. The summed E-state index contributed by atoms with van der Waals surface area (Å²) < 4.78 is 38.7. The average molecular weight is 205 g/mol. The van der Waals surface area contributed by atoms with Crippen LogP contribution in [0.4, 0.5) is 13.2 Å². The lowest BCUT2D eigenvalue weighted by Crippen LogP contribution is -2.17. The first-order valence-electron chi connectivity index (χ1n) is 4.20. The molecule has 6 heteroatoms. The summed E-state index contributed by atoms with van der Waals surface area (Å²) in [5.41, 5.74) is 0.252. The topological polar surface area (TPSA) is 21.1 Å². The van der Waals surface area contributed by atoms with Crippen LogP contribution in [0.3, 0.4) is 0 Å². The fourth-order valence-corrected chi connectivity index (χ4v) is 1.85. The van der Waals surface area contributed by atoms with E-state index >= 15 is 0 Å². The molecule has 1 aliphatic heterocycles. The molecule has 0 saturated carbocycles. The van der Waals surface area contributed by atoms with Crippen molar-refractivity contribution in [1.29, 1.82) is 0 Å². The highest BCUT2D eigenvalue weighted by atomic mass is 19.4. The first-order valence-corrected chi connectivity index (χ1v) is 4.20. The number of nitrogens with zero attached hydrogens (tertiary/aromatic N) is 3. The highest BCUT2D eigenvalue weighted by molar-refractivity contribution is 5.31. The molecule has 0 atom stereocenters. The van der Waals surface area contributed by atoms with Gasteiger partial charge in [-0.25, -0.2) is 0 Å². The summed E-state index contributed by atoms with van der Waals surface area (Å²) >= 11 is 0. The molecule has 0 radical (unpaired) electrons. The number of hydrogen-bond acceptors (Lipinski definition) is 2. The second kappa shape index (κ2) is 2.73. The van der Waals surface area contributed by atoms with Gasteiger partial charge in [-0.3, -0.25) is 9.58 Å². The lowest BCUT2D eigenvalue weighted by molar-refractivity contribution is -0.144. The van der Waals surface area contributed by atoms with Crippen molar-refractivity contribution >= 4 is 0 Å². The summed E-state index contributed by atoms with van der Waals surface area (Å²) in [6.45, 7) is 0.831. The monoisotopic (exact) mass is 205 g/mol. The Morgan fingerprint density at radius 2 is 1.86 bits per heavy atom. The van der Waals surface area contributed by atoms with Gasteiger partial charge in [0.25, 0.3) is 0 Å². The summed E-state index contributed by atoms with van der Waals surface area (Å²) in [7, 11) is 3.11. The van der Waals surface area contributed by atoms with Crippen LogP contribution in [0.1, 0.15) is 17.0 Å². The Labute approximate surface area is 79.1 Å². The molecule has 0 aliphatic carbocycles. The summed E-state index contributed by atoms with van der Waals surface area (Å²) in [6.07, 6.45) is -4.31. The molecule has 0 N–H and O–H groups in total. The second-order valence-corrected chi connectivity index (χ2v) is 3.57. The minimum Gasteiger partial charge on any atom is -0.296 e. The summed E-state index contributed by atoms with van der Waals surface area (Å²) in [5.74, 6) is 0. The predicted octanol–water partition coefficient (Wildman–Crippen LogP) is 1.38. The maximum atomic E-state index is 12.6. The summed E-state index contributed by atoms with van der Waals surface area (Å²) in [6, 6.07) is 0. The van der Waals surface area contributed by atoms with Crippen LogP contribution in [0, 0.1) is 0 Å². The van der Waals surface area contributed by atoms with Gasteiger partial charge in [0.05, 0.1) is 5.69 Å². The van der Waals surface area contributed by atoms with Gasteiger partial charge in [-0.05, 0) is 7.05 Å². The third-order valence-corrected chi connectivity index (χ3v) is 2.34. The zero-order valence-electron chi connectivity index (χ0n) is 7.89. The molecule has 0 saturated heterocycles. The zero-order valence-corrected chi connectivity index (χ0v) is 7.89. The van der Waals surface area contributed by atoms with E-state index in [9.17, 15) is 13.2 Å². The smallest absolute Gasteiger partial charge is 0.296 e. The minimum absolute atomic E-state index is 0.322. The van der Waals surface area contributed by atoms with E-state index in [0.29, 0.717) is 24.3 Å². The predicted molar refractivity (Wildman–Crippen MR) is 43.4 cm³/mol. The van der Waals surface area contributed by atoms with Gasteiger partial charge >= 0.3 is 6.18 Å². The molecule has 78 valence electrons. The van der Waals surface area contributed by atoms with E-state index in [1.807, 2.05) is 4.90 Å². The van der Waals surface area contributed by atoms with E-state index in [0.717, 1.165) is 4.68 Å². The first-order chi connectivity index (χ1) is 6.39. The van der Waals surface area contributed by atoms with Crippen molar-refractivity contribution in [2.45, 2.75) is 19.3 Å². The Morgan fingerprint density at radius 3 is 2.43 bits per heavy atom. The van der Waals surface area contributed by atoms with Crippen LogP contribution in [0.25, 0.3) is 0 Å². The van der Waals surface area contributed by atoms with Gasteiger partial charge < -0.3 is 0 Å². The van der Waals surface area contributed by atoms with Crippen LogP contribution < -0.4 is 0 Å². The molecule has 1 aromatic rings. The number of fused-ring (bicyclic) bond motifs is 1. The van der Waals surface area contributed by atoms with Gasteiger partial charge in [0, 0.05) is 25.7 Å². The molecule has 2 heterocycles. The molecule has 2 rings (SSSR count). The van der Waals surface area contributed by atoms with Crippen LogP contribution >= 0.6 is 0 Å². The molecule has 3 nitrogen and oxygen atoms in total. The quantitative estimate of drug-likeness (QED) is 0.638. The van der Waals surface area contributed by atoms with Crippen LogP contribution in [0.15, 0.2) is 0 Å². The van der Waals surface area contributed by atoms with Gasteiger partial charge in [0.2, 0.25) is 0 Å². The number of aromatic nitrogens is 2. The standard InChI is InChI=1S/C8H10F3N3/c1-13-3-5-6(4-13)12-14(2)7(5)8(9,10)11/h3-4H2,1-2H3. The molecule has 0 fully saturated rings. The second-order valence-electron chi connectivity index (χ2n) is 3.57. The van der Waals surface area contributed by atoms with Crippen LogP contribution in [-0.2, 0) is 26.3 Å². The third kappa shape index (κ3) is 1.30. The maximum Gasteiger partial charge on any atom is 0.433 e. The van der Waals surface area contributed by atoms with Crippen LogP contribution in [-0.4, -0.2) is 21.7 Å². The molecule has 0 bridgehead atoms. The Balaban J connectivity index is 2.52. The fraction of sp³-hybridized carbons (Fsp3) is 0.625. The molecular weight excluding hydrogens is 195 g/mol. The van der Waals surface area contributed by atoms with Gasteiger partial charge in [-0.2, -0.15) is 18.3 Å². The Bertz CT molecular complexity index is 367. The molecule has 0 unspecified atom stereocenters. The van der Waals surface area contributed by atoms with Crippen molar-refractivity contribution in [3.05, 3.63) is 17.0 Å². The van der Waals surface area contributed by atoms with Crippen molar-refractivity contribution in [3.63, 3.8) is 0 Å². The molecule has 14 heavy (non-hydrogen) atoms. The lowest BCUT2D eigenvalue weighted by Gasteiger charge is -2.11. The Morgan fingerprint density at radius 1 is 1.21 bits per heavy atom. The molecule has 0 spiro atoms. The van der Waals surface area contributed by atoms with Crippen molar-refractivity contribution in [1.82, 2.24) is 14.7 Å². The van der Waals surface area contributed by atoms with Crippen LogP contribution in [0.2, 0.25) is 0 Å².